The smallest absolute Gasteiger partial charge is 0.387 e. The third-order valence-electron chi connectivity index (χ3n) is 3.86. The third kappa shape index (κ3) is 6.36. The summed E-state index contributed by atoms with van der Waals surface area (Å²) < 4.78 is 36.8. The molecule has 0 saturated heterocycles. The summed E-state index contributed by atoms with van der Waals surface area (Å²) in [5.74, 6) is 1.85. The summed E-state index contributed by atoms with van der Waals surface area (Å²) in [5, 5.41) is 14.3. The Morgan fingerprint density at radius 1 is 1.25 bits per heavy atom. The lowest BCUT2D eigenvalue weighted by atomic mass is 10.2. The molecule has 0 unspecified atom stereocenters. The third-order valence-corrected chi connectivity index (χ3v) is 3.86. The normalized spacial score (nSPS) is 11.6. The molecule has 1 aromatic carbocycles. The highest BCUT2D eigenvalue weighted by Crippen LogP contribution is 2.29. The van der Waals surface area contributed by atoms with Crippen LogP contribution in [0.1, 0.15) is 25.2 Å². The predicted octanol–water partition coefficient (Wildman–Crippen LogP) is 2.21. The van der Waals surface area contributed by atoms with Crippen LogP contribution >= 0.6 is 0 Å². The molecule has 0 atom stereocenters. The van der Waals surface area contributed by atoms with Crippen LogP contribution in [0, 0.1) is 0 Å². The maximum atomic E-state index is 12.5. The fraction of sp³-hybridized carbons (Fsp3) is 0.500. The summed E-state index contributed by atoms with van der Waals surface area (Å²) in [6.45, 7) is 3.07. The molecule has 1 heterocycles. The highest BCUT2D eigenvalue weighted by atomic mass is 19.3. The molecule has 2 N–H and O–H groups in total. The Hall–Kier alpha value is -2.91. The van der Waals surface area contributed by atoms with Crippen molar-refractivity contribution in [3.8, 4) is 11.5 Å². The number of aliphatic imine (C=N–C) groups is 1. The molecule has 0 bridgehead atoms. The van der Waals surface area contributed by atoms with Crippen molar-refractivity contribution >= 4 is 5.96 Å². The maximum Gasteiger partial charge on any atom is 0.387 e. The summed E-state index contributed by atoms with van der Waals surface area (Å²) in [6.07, 6.45) is 2.52. The second kappa shape index (κ2) is 11.1. The van der Waals surface area contributed by atoms with E-state index in [0.717, 1.165) is 17.8 Å². The fourth-order valence-corrected chi connectivity index (χ4v) is 2.56. The van der Waals surface area contributed by atoms with Gasteiger partial charge >= 0.3 is 6.61 Å². The Labute approximate surface area is 163 Å². The quantitative estimate of drug-likeness (QED) is 0.473. The van der Waals surface area contributed by atoms with Gasteiger partial charge in [-0.15, -0.1) is 10.2 Å². The van der Waals surface area contributed by atoms with Crippen LogP contribution in [0.5, 0.6) is 11.5 Å². The molecule has 0 aliphatic heterocycles. The first-order chi connectivity index (χ1) is 13.6. The second-order valence-electron chi connectivity index (χ2n) is 5.74. The van der Waals surface area contributed by atoms with Crippen LogP contribution in [0.15, 0.2) is 29.5 Å². The van der Waals surface area contributed by atoms with E-state index in [2.05, 4.69) is 30.6 Å². The number of aromatic nitrogens is 3. The molecule has 154 valence electrons. The minimum absolute atomic E-state index is 0.0174. The van der Waals surface area contributed by atoms with Gasteiger partial charge in [-0.3, -0.25) is 4.99 Å². The summed E-state index contributed by atoms with van der Waals surface area (Å²) >= 11 is 0. The number of ether oxygens (including phenoxy) is 2. The number of alkyl halides is 2. The maximum absolute atomic E-state index is 12.5. The molecule has 0 radical (unpaired) electrons. The highest BCUT2D eigenvalue weighted by Gasteiger charge is 2.12. The van der Waals surface area contributed by atoms with Crippen LogP contribution in [-0.2, 0) is 19.5 Å². The Morgan fingerprint density at radius 3 is 2.75 bits per heavy atom. The van der Waals surface area contributed by atoms with Crippen molar-refractivity contribution in [3.63, 3.8) is 0 Å². The van der Waals surface area contributed by atoms with Crippen LogP contribution in [-0.4, -0.2) is 47.5 Å². The Bertz CT molecular complexity index is 766. The molecular weight excluding hydrogens is 370 g/mol. The van der Waals surface area contributed by atoms with E-state index < -0.39 is 6.61 Å². The number of hydrogen-bond donors (Lipinski definition) is 2. The van der Waals surface area contributed by atoms with Gasteiger partial charge in [-0.05, 0) is 24.6 Å². The van der Waals surface area contributed by atoms with Crippen molar-refractivity contribution in [2.45, 2.75) is 40.0 Å². The van der Waals surface area contributed by atoms with Gasteiger partial charge in [0.1, 0.15) is 12.2 Å². The first kappa shape index (κ1) is 21.4. The van der Waals surface area contributed by atoms with Crippen molar-refractivity contribution in [2.75, 3.05) is 20.2 Å². The first-order valence-corrected chi connectivity index (χ1v) is 9.09. The lowest BCUT2D eigenvalue weighted by molar-refractivity contribution is -0.0514. The molecule has 0 saturated carbocycles. The molecule has 2 aromatic rings. The van der Waals surface area contributed by atoms with Gasteiger partial charge in [-0.25, -0.2) is 0 Å². The minimum atomic E-state index is -2.90. The Balaban J connectivity index is 1.89. The van der Waals surface area contributed by atoms with Gasteiger partial charge in [0, 0.05) is 33.1 Å². The summed E-state index contributed by atoms with van der Waals surface area (Å²) in [6, 6.07) is 4.85. The van der Waals surface area contributed by atoms with Crippen LogP contribution in [0.2, 0.25) is 0 Å². The lowest BCUT2D eigenvalue weighted by Crippen LogP contribution is -2.38. The average molecular weight is 396 g/mol. The Kier molecular flexibility index (Phi) is 8.44. The van der Waals surface area contributed by atoms with Gasteiger partial charge in [0.25, 0.3) is 0 Å². The van der Waals surface area contributed by atoms with Crippen LogP contribution in [0.25, 0.3) is 0 Å². The van der Waals surface area contributed by atoms with E-state index in [1.165, 1.54) is 6.07 Å². The van der Waals surface area contributed by atoms with E-state index >= 15 is 0 Å². The van der Waals surface area contributed by atoms with Crippen LogP contribution in [0.4, 0.5) is 8.78 Å². The number of hydrogen-bond acceptors (Lipinski definition) is 5. The standard InChI is InChI=1S/C18H26F2N6O2/c1-4-16-25-24-12-26(16)9-8-22-18(21-3)23-11-13-6-7-14(28-17(19)20)15(10-13)27-5-2/h6-7,10,12,17H,4-5,8-9,11H2,1-3H3,(H2,21,22,23). The van der Waals surface area contributed by atoms with Crippen LogP contribution < -0.4 is 20.1 Å². The van der Waals surface area contributed by atoms with Gasteiger partial charge in [-0.1, -0.05) is 13.0 Å². The number of rotatable bonds is 10. The predicted molar refractivity (Wildman–Crippen MR) is 102 cm³/mol. The highest BCUT2D eigenvalue weighted by molar-refractivity contribution is 5.79. The largest absolute Gasteiger partial charge is 0.490 e. The van der Waals surface area contributed by atoms with Gasteiger partial charge < -0.3 is 24.7 Å². The van der Waals surface area contributed by atoms with E-state index in [-0.39, 0.29) is 11.5 Å². The second-order valence-corrected chi connectivity index (χ2v) is 5.74. The Morgan fingerprint density at radius 2 is 2.07 bits per heavy atom. The fourth-order valence-electron chi connectivity index (χ4n) is 2.56. The zero-order chi connectivity index (χ0) is 20.4. The van der Waals surface area contributed by atoms with Crippen molar-refractivity contribution < 1.29 is 18.3 Å². The molecule has 0 spiro atoms. The minimum Gasteiger partial charge on any atom is -0.490 e. The first-order valence-electron chi connectivity index (χ1n) is 9.09. The molecule has 28 heavy (non-hydrogen) atoms. The number of guanidine groups is 1. The van der Waals surface area contributed by atoms with Gasteiger partial charge in [0.15, 0.2) is 17.5 Å². The van der Waals surface area contributed by atoms with E-state index in [1.807, 2.05) is 11.5 Å². The van der Waals surface area contributed by atoms with E-state index in [1.54, 1.807) is 32.4 Å². The SMILES string of the molecule is CCOc1cc(CNC(=NC)NCCn2cnnc2CC)ccc1OC(F)F. The topological polar surface area (TPSA) is 85.6 Å². The summed E-state index contributed by atoms with van der Waals surface area (Å²) in [4.78, 5) is 4.18. The zero-order valence-corrected chi connectivity index (χ0v) is 16.3. The zero-order valence-electron chi connectivity index (χ0n) is 16.3. The molecule has 0 aliphatic rings. The lowest BCUT2D eigenvalue weighted by Gasteiger charge is -2.15. The van der Waals surface area contributed by atoms with E-state index in [9.17, 15) is 8.78 Å². The summed E-state index contributed by atoms with van der Waals surface area (Å²) in [5.41, 5.74) is 0.847. The van der Waals surface area contributed by atoms with Gasteiger partial charge in [-0.2, -0.15) is 8.78 Å². The van der Waals surface area contributed by atoms with Crippen molar-refractivity contribution in [3.05, 3.63) is 35.9 Å². The number of benzene rings is 1. The summed E-state index contributed by atoms with van der Waals surface area (Å²) in [7, 11) is 1.68. The molecular formula is C18H26F2N6O2. The van der Waals surface area contributed by atoms with Crippen molar-refractivity contribution in [2.24, 2.45) is 4.99 Å². The van der Waals surface area contributed by atoms with Gasteiger partial charge in [0.2, 0.25) is 0 Å². The molecule has 1 aromatic heterocycles. The monoisotopic (exact) mass is 396 g/mol. The molecule has 2 rings (SSSR count). The van der Waals surface area contributed by atoms with E-state index in [4.69, 9.17) is 4.74 Å². The van der Waals surface area contributed by atoms with E-state index in [0.29, 0.717) is 32.2 Å². The van der Waals surface area contributed by atoms with Crippen molar-refractivity contribution in [1.29, 1.82) is 0 Å². The number of nitrogens with zero attached hydrogens (tertiary/aromatic N) is 4. The molecule has 0 aliphatic carbocycles. The molecule has 8 nitrogen and oxygen atoms in total. The van der Waals surface area contributed by atoms with Crippen molar-refractivity contribution in [1.82, 2.24) is 25.4 Å². The molecule has 0 fully saturated rings. The molecule has 10 heteroatoms. The number of nitrogens with one attached hydrogen (secondary N) is 2. The average Bonchev–Trinajstić information content (AvgIpc) is 3.13. The van der Waals surface area contributed by atoms with Crippen LogP contribution in [0.3, 0.4) is 0 Å². The molecule has 0 amide bonds. The van der Waals surface area contributed by atoms with Gasteiger partial charge in [0.05, 0.1) is 6.61 Å². The number of aryl methyl sites for hydroxylation is 1. The number of halogens is 2.